The molecule has 0 amide bonds. The van der Waals surface area contributed by atoms with Crippen molar-refractivity contribution in [2.45, 2.75) is 71.3 Å². The van der Waals surface area contributed by atoms with Gasteiger partial charge in [-0.3, -0.25) is 0 Å². The van der Waals surface area contributed by atoms with Gasteiger partial charge in [0.2, 0.25) is 0 Å². The maximum atomic E-state index is 9.91. The molecule has 3 atom stereocenters. The molecular formula is C21H31NO2. The number of fused-ring (bicyclic) bond motifs is 1. The normalized spacial score (nSPS) is 38.8. The van der Waals surface area contributed by atoms with Gasteiger partial charge < -0.3 is 9.94 Å². The van der Waals surface area contributed by atoms with E-state index in [0.29, 0.717) is 12.5 Å². The third-order valence-electron chi connectivity index (χ3n) is 6.20. The lowest BCUT2D eigenvalue weighted by atomic mass is 9.66. The number of rotatable bonds is 3. The van der Waals surface area contributed by atoms with Gasteiger partial charge >= 0.3 is 0 Å². The van der Waals surface area contributed by atoms with Gasteiger partial charge in [-0.15, -0.1) is 0 Å². The predicted octanol–water partition coefficient (Wildman–Crippen LogP) is 4.93. The Labute approximate surface area is 146 Å². The van der Waals surface area contributed by atoms with Gasteiger partial charge in [0, 0.05) is 5.41 Å². The number of allylic oxidation sites excluding steroid dienone is 4. The average molecular weight is 329 g/mol. The molecule has 0 saturated heterocycles. The van der Waals surface area contributed by atoms with Crippen LogP contribution >= 0.6 is 0 Å². The highest BCUT2D eigenvalue weighted by atomic mass is 16.6. The van der Waals surface area contributed by atoms with E-state index in [1.807, 2.05) is 6.92 Å². The molecule has 3 rings (SSSR count). The summed E-state index contributed by atoms with van der Waals surface area (Å²) < 4.78 is 0. The minimum absolute atomic E-state index is 0.168. The van der Waals surface area contributed by atoms with Gasteiger partial charge in [0.1, 0.15) is 6.61 Å². The Kier molecular flexibility index (Phi) is 5.29. The molecule has 0 aromatic carbocycles. The lowest BCUT2D eigenvalue weighted by molar-refractivity contribution is 0.152. The lowest BCUT2D eigenvalue weighted by Gasteiger charge is -2.38. The van der Waals surface area contributed by atoms with Crippen molar-refractivity contribution >= 4 is 5.71 Å². The van der Waals surface area contributed by atoms with Crippen LogP contribution in [-0.2, 0) is 4.84 Å². The molecular weight excluding hydrogens is 298 g/mol. The maximum absolute atomic E-state index is 9.91. The largest absolute Gasteiger partial charge is 0.396 e. The van der Waals surface area contributed by atoms with E-state index >= 15 is 0 Å². The molecule has 0 aliphatic heterocycles. The Hall–Kier alpha value is -1.35. The molecule has 0 spiro atoms. The van der Waals surface area contributed by atoms with E-state index in [0.717, 1.165) is 25.7 Å². The molecule has 3 nitrogen and oxygen atoms in total. The van der Waals surface area contributed by atoms with Crippen molar-refractivity contribution in [3.05, 3.63) is 35.5 Å². The van der Waals surface area contributed by atoms with E-state index in [1.54, 1.807) is 5.57 Å². The smallest absolute Gasteiger partial charge is 0.114 e. The molecule has 132 valence electrons. The van der Waals surface area contributed by atoms with Gasteiger partial charge in [-0.25, -0.2) is 0 Å². The summed E-state index contributed by atoms with van der Waals surface area (Å²) in [6.45, 7) is 9.17. The highest BCUT2D eigenvalue weighted by Gasteiger charge is 2.47. The average Bonchev–Trinajstić information content (AvgIpc) is 2.90. The summed E-state index contributed by atoms with van der Waals surface area (Å²) in [6, 6.07) is 0. The van der Waals surface area contributed by atoms with Crippen LogP contribution in [0.5, 0.6) is 0 Å². The van der Waals surface area contributed by atoms with Crippen LogP contribution in [-0.4, -0.2) is 23.5 Å². The number of hydrogen-bond acceptors (Lipinski definition) is 3. The van der Waals surface area contributed by atoms with Crippen LogP contribution in [0.15, 0.2) is 40.6 Å². The first kappa shape index (κ1) is 17.5. The molecule has 0 aromatic rings. The fraction of sp³-hybridized carbons (Fsp3) is 0.667. The van der Waals surface area contributed by atoms with Crippen LogP contribution in [0.4, 0.5) is 0 Å². The van der Waals surface area contributed by atoms with Crippen molar-refractivity contribution < 1.29 is 9.94 Å². The maximum Gasteiger partial charge on any atom is 0.114 e. The lowest BCUT2D eigenvalue weighted by Crippen LogP contribution is -2.33. The number of nitrogens with zero attached hydrogens (tertiary/aromatic N) is 1. The summed E-state index contributed by atoms with van der Waals surface area (Å²) in [6.07, 6.45) is 12.7. The summed E-state index contributed by atoms with van der Waals surface area (Å²) in [5.41, 5.74) is 5.40. The predicted molar refractivity (Wildman–Crippen MR) is 98.9 cm³/mol. The Morgan fingerprint density at radius 3 is 2.92 bits per heavy atom. The second kappa shape index (κ2) is 7.26. The number of aliphatic hydroxyl groups excluding tert-OH is 1. The van der Waals surface area contributed by atoms with E-state index in [1.165, 1.54) is 42.5 Å². The van der Waals surface area contributed by atoms with Crippen molar-refractivity contribution in [1.29, 1.82) is 0 Å². The number of hydrogen-bond donors (Lipinski definition) is 1. The third-order valence-corrected chi connectivity index (χ3v) is 6.20. The van der Waals surface area contributed by atoms with Crippen molar-refractivity contribution in [3.63, 3.8) is 0 Å². The van der Waals surface area contributed by atoms with E-state index in [2.05, 4.69) is 30.8 Å². The second-order valence-corrected chi connectivity index (χ2v) is 7.75. The van der Waals surface area contributed by atoms with Crippen LogP contribution in [0.25, 0.3) is 0 Å². The Bertz CT molecular complexity index is 587. The quantitative estimate of drug-likeness (QED) is 0.746. The van der Waals surface area contributed by atoms with E-state index in [9.17, 15) is 5.11 Å². The van der Waals surface area contributed by atoms with Gasteiger partial charge in [0.15, 0.2) is 0 Å². The molecule has 0 radical (unpaired) electrons. The summed E-state index contributed by atoms with van der Waals surface area (Å²) in [7, 11) is 0. The first-order chi connectivity index (χ1) is 11.5. The molecule has 0 aromatic heterocycles. The first-order valence-electron chi connectivity index (χ1n) is 9.49. The molecule has 1 N–H and O–H groups in total. The van der Waals surface area contributed by atoms with Crippen LogP contribution in [0.3, 0.4) is 0 Å². The Morgan fingerprint density at radius 1 is 1.29 bits per heavy atom. The fourth-order valence-corrected chi connectivity index (χ4v) is 4.72. The second-order valence-electron chi connectivity index (χ2n) is 7.75. The van der Waals surface area contributed by atoms with Gasteiger partial charge in [0.25, 0.3) is 0 Å². The van der Waals surface area contributed by atoms with Gasteiger partial charge in [-0.1, -0.05) is 42.0 Å². The molecule has 0 heterocycles. The van der Waals surface area contributed by atoms with E-state index < -0.39 is 0 Å². The molecule has 3 aliphatic rings. The molecule has 3 heteroatoms. The number of oxime groups is 1. The molecule has 3 aliphatic carbocycles. The number of aliphatic hydroxyl groups is 1. The zero-order valence-electron chi connectivity index (χ0n) is 15.2. The summed E-state index contributed by atoms with van der Waals surface area (Å²) >= 11 is 0. The van der Waals surface area contributed by atoms with Crippen molar-refractivity contribution in [2.75, 3.05) is 6.61 Å². The minimum atomic E-state index is -0.201. The highest BCUT2D eigenvalue weighted by molar-refractivity contribution is 5.92. The Morgan fingerprint density at radius 2 is 2.12 bits per heavy atom. The summed E-state index contributed by atoms with van der Waals surface area (Å²) in [5.74, 6) is 0.587. The summed E-state index contributed by atoms with van der Waals surface area (Å²) in [5, 5.41) is 14.3. The SMILES string of the molecule is C=C1CC[C@@H](O)C/C1=C/C=C1\CCC[C@]2(C)/C(=N/OCC)CCC12. The van der Waals surface area contributed by atoms with Gasteiger partial charge in [0.05, 0.1) is 11.8 Å². The van der Waals surface area contributed by atoms with Crippen molar-refractivity contribution in [1.82, 2.24) is 0 Å². The zero-order chi connectivity index (χ0) is 17.2. The molecule has 3 fully saturated rings. The third kappa shape index (κ3) is 3.37. The van der Waals surface area contributed by atoms with E-state index in [4.69, 9.17) is 4.84 Å². The topological polar surface area (TPSA) is 41.8 Å². The van der Waals surface area contributed by atoms with Crippen LogP contribution in [0.1, 0.15) is 65.2 Å². The highest BCUT2D eigenvalue weighted by Crippen LogP contribution is 2.52. The van der Waals surface area contributed by atoms with E-state index in [-0.39, 0.29) is 11.5 Å². The fourth-order valence-electron chi connectivity index (χ4n) is 4.72. The van der Waals surface area contributed by atoms with Gasteiger partial charge in [-0.2, -0.15) is 0 Å². The molecule has 24 heavy (non-hydrogen) atoms. The van der Waals surface area contributed by atoms with Crippen molar-refractivity contribution in [3.8, 4) is 0 Å². The standard InChI is InChI=1S/C21H31NO2/c1-4-24-22-20-12-11-19-16(6-5-13-21(19,20)3)8-9-17-14-18(23)10-7-15(17)2/h8-9,18-19,23H,2,4-7,10-14H2,1,3H3/b16-8+,17-9-,22-20+/t18-,19?,21+/m1/s1. The van der Waals surface area contributed by atoms with Crippen LogP contribution in [0.2, 0.25) is 0 Å². The molecule has 1 unspecified atom stereocenters. The minimum Gasteiger partial charge on any atom is -0.396 e. The summed E-state index contributed by atoms with van der Waals surface area (Å²) in [4.78, 5) is 5.37. The monoisotopic (exact) mass is 329 g/mol. The van der Waals surface area contributed by atoms with Gasteiger partial charge in [-0.05, 0) is 69.8 Å². The Balaban J connectivity index is 1.81. The van der Waals surface area contributed by atoms with Crippen molar-refractivity contribution in [2.24, 2.45) is 16.5 Å². The first-order valence-corrected chi connectivity index (χ1v) is 9.49. The molecule has 0 bridgehead atoms. The van der Waals surface area contributed by atoms with Crippen LogP contribution < -0.4 is 0 Å². The molecule has 3 saturated carbocycles. The zero-order valence-corrected chi connectivity index (χ0v) is 15.2. The van der Waals surface area contributed by atoms with Crippen LogP contribution in [0, 0.1) is 11.3 Å².